The minimum absolute atomic E-state index is 0.103. The van der Waals surface area contributed by atoms with Gasteiger partial charge in [0, 0.05) is 10.9 Å². The molecule has 3 nitrogen and oxygen atoms in total. The van der Waals surface area contributed by atoms with Crippen molar-refractivity contribution in [2.45, 2.75) is 43.0 Å². The van der Waals surface area contributed by atoms with Crippen molar-refractivity contribution in [1.29, 1.82) is 0 Å². The van der Waals surface area contributed by atoms with Gasteiger partial charge in [-0.25, -0.2) is 0 Å². The maximum atomic E-state index is 12.0. The average molecular weight is 326 g/mol. The number of methoxy groups -OCH3 is 1. The molecule has 1 N–H and O–H groups in total. The maximum absolute atomic E-state index is 12.0. The van der Waals surface area contributed by atoms with E-state index in [0.29, 0.717) is 17.3 Å². The third kappa shape index (κ3) is 4.53. The molecular formula is C15H20BrNO2. The third-order valence-electron chi connectivity index (χ3n) is 3.52. The van der Waals surface area contributed by atoms with Gasteiger partial charge in [0.05, 0.1) is 13.5 Å². The van der Waals surface area contributed by atoms with Crippen LogP contribution in [-0.4, -0.2) is 23.9 Å². The lowest BCUT2D eigenvalue weighted by molar-refractivity contribution is -0.121. The van der Waals surface area contributed by atoms with Crippen LogP contribution in [0.25, 0.3) is 0 Å². The van der Waals surface area contributed by atoms with Crippen LogP contribution in [0.5, 0.6) is 5.75 Å². The highest BCUT2D eigenvalue weighted by atomic mass is 79.9. The second-order valence-electron chi connectivity index (χ2n) is 5.04. The van der Waals surface area contributed by atoms with Gasteiger partial charge < -0.3 is 10.1 Å². The standard InChI is InChI=1S/C15H20BrNO2/c1-19-14-4-2-3-11(9-14)10-15(18)17-13-7-5-12(16)6-8-13/h2-4,9,12-13H,5-8,10H2,1H3,(H,17,18). The Kier molecular flexibility index (Phi) is 5.25. The molecule has 104 valence electrons. The van der Waals surface area contributed by atoms with E-state index < -0.39 is 0 Å². The first kappa shape index (κ1) is 14.4. The van der Waals surface area contributed by atoms with Crippen LogP contribution in [0.3, 0.4) is 0 Å². The van der Waals surface area contributed by atoms with Crippen molar-refractivity contribution >= 4 is 21.8 Å². The lowest BCUT2D eigenvalue weighted by atomic mass is 9.95. The second-order valence-corrected chi connectivity index (χ2v) is 6.34. The van der Waals surface area contributed by atoms with Gasteiger partial charge in [0.15, 0.2) is 0 Å². The maximum Gasteiger partial charge on any atom is 0.224 e. The SMILES string of the molecule is COc1cccc(CC(=O)NC2CCC(Br)CC2)c1. The second kappa shape index (κ2) is 6.94. The molecule has 1 aromatic carbocycles. The van der Waals surface area contributed by atoms with E-state index >= 15 is 0 Å². The van der Waals surface area contributed by atoms with Crippen molar-refractivity contribution in [3.8, 4) is 5.75 Å². The summed E-state index contributed by atoms with van der Waals surface area (Å²) in [5.41, 5.74) is 0.992. The summed E-state index contributed by atoms with van der Waals surface area (Å²) in [7, 11) is 1.64. The molecule has 1 aliphatic carbocycles. The minimum atomic E-state index is 0.103. The summed E-state index contributed by atoms with van der Waals surface area (Å²) in [5, 5.41) is 3.12. The van der Waals surface area contributed by atoms with Crippen LogP contribution in [0.4, 0.5) is 0 Å². The first-order chi connectivity index (χ1) is 9.17. The number of hydrogen-bond donors (Lipinski definition) is 1. The predicted molar refractivity (Wildman–Crippen MR) is 79.8 cm³/mol. The molecule has 1 aliphatic rings. The van der Waals surface area contributed by atoms with E-state index in [9.17, 15) is 4.79 Å². The largest absolute Gasteiger partial charge is 0.497 e. The molecule has 1 saturated carbocycles. The summed E-state index contributed by atoms with van der Waals surface area (Å²) in [4.78, 5) is 12.6. The van der Waals surface area contributed by atoms with Gasteiger partial charge in [0.2, 0.25) is 5.91 Å². The lowest BCUT2D eigenvalue weighted by Crippen LogP contribution is -2.38. The molecule has 0 spiro atoms. The normalized spacial score (nSPS) is 22.8. The van der Waals surface area contributed by atoms with Crippen LogP contribution in [0.1, 0.15) is 31.2 Å². The Morgan fingerprint density at radius 1 is 1.37 bits per heavy atom. The Morgan fingerprint density at radius 3 is 2.79 bits per heavy atom. The predicted octanol–water partition coefficient (Wildman–Crippen LogP) is 3.06. The molecule has 4 heteroatoms. The highest BCUT2D eigenvalue weighted by molar-refractivity contribution is 9.09. The zero-order chi connectivity index (χ0) is 13.7. The fraction of sp³-hybridized carbons (Fsp3) is 0.533. The number of alkyl halides is 1. The van der Waals surface area contributed by atoms with Crippen LogP contribution < -0.4 is 10.1 Å². The van der Waals surface area contributed by atoms with Gasteiger partial charge in [-0.05, 0) is 43.4 Å². The number of benzene rings is 1. The molecule has 0 saturated heterocycles. The van der Waals surface area contributed by atoms with Crippen molar-refractivity contribution in [3.05, 3.63) is 29.8 Å². The molecule has 0 bridgehead atoms. The monoisotopic (exact) mass is 325 g/mol. The number of halogens is 1. The highest BCUT2D eigenvalue weighted by Crippen LogP contribution is 2.24. The van der Waals surface area contributed by atoms with Crippen LogP contribution in [-0.2, 0) is 11.2 Å². The van der Waals surface area contributed by atoms with Gasteiger partial charge in [-0.1, -0.05) is 28.1 Å². The van der Waals surface area contributed by atoms with Gasteiger partial charge >= 0.3 is 0 Å². The van der Waals surface area contributed by atoms with Crippen molar-refractivity contribution in [2.24, 2.45) is 0 Å². The molecule has 0 radical (unpaired) electrons. The van der Waals surface area contributed by atoms with Crippen molar-refractivity contribution < 1.29 is 9.53 Å². The molecule has 1 amide bonds. The summed E-state index contributed by atoms with van der Waals surface area (Å²) >= 11 is 3.63. The quantitative estimate of drug-likeness (QED) is 0.864. The Morgan fingerprint density at radius 2 is 2.11 bits per heavy atom. The number of amides is 1. The van der Waals surface area contributed by atoms with E-state index in [2.05, 4.69) is 21.2 Å². The molecule has 0 heterocycles. The fourth-order valence-electron chi connectivity index (χ4n) is 2.44. The van der Waals surface area contributed by atoms with E-state index in [1.807, 2.05) is 24.3 Å². The van der Waals surface area contributed by atoms with Gasteiger partial charge in [0.1, 0.15) is 5.75 Å². The number of hydrogen-bond acceptors (Lipinski definition) is 2. The number of nitrogens with one attached hydrogen (secondary N) is 1. The van der Waals surface area contributed by atoms with E-state index in [0.717, 1.165) is 37.0 Å². The molecular weight excluding hydrogens is 306 g/mol. The summed E-state index contributed by atoms with van der Waals surface area (Å²) in [5.74, 6) is 0.899. The van der Waals surface area contributed by atoms with Crippen LogP contribution in [0.2, 0.25) is 0 Å². The molecule has 1 fully saturated rings. The third-order valence-corrected chi connectivity index (χ3v) is 4.44. The van der Waals surface area contributed by atoms with Crippen LogP contribution in [0.15, 0.2) is 24.3 Å². The number of ether oxygens (including phenoxy) is 1. The molecule has 19 heavy (non-hydrogen) atoms. The van der Waals surface area contributed by atoms with Crippen molar-refractivity contribution in [1.82, 2.24) is 5.32 Å². The summed E-state index contributed by atoms with van der Waals surface area (Å²) < 4.78 is 5.16. The average Bonchev–Trinajstić information content (AvgIpc) is 2.41. The fourth-order valence-corrected chi connectivity index (χ4v) is 2.97. The number of carbonyl (C=O) groups is 1. The molecule has 0 unspecified atom stereocenters. The molecule has 2 rings (SSSR count). The first-order valence-corrected chi connectivity index (χ1v) is 7.65. The van der Waals surface area contributed by atoms with E-state index in [4.69, 9.17) is 4.74 Å². The lowest BCUT2D eigenvalue weighted by Gasteiger charge is -2.26. The smallest absolute Gasteiger partial charge is 0.224 e. The molecule has 0 atom stereocenters. The summed E-state index contributed by atoms with van der Waals surface area (Å²) in [6.45, 7) is 0. The minimum Gasteiger partial charge on any atom is -0.497 e. The molecule has 0 aromatic heterocycles. The topological polar surface area (TPSA) is 38.3 Å². The van der Waals surface area contributed by atoms with E-state index in [1.54, 1.807) is 7.11 Å². The van der Waals surface area contributed by atoms with Crippen molar-refractivity contribution in [2.75, 3.05) is 7.11 Å². The summed E-state index contributed by atoms with van der Waals surface area (Å²) in [6.07, 6.45) is 4.85. The van der Waals surface area contributed by atoms with E-state index in [-0.39, 0.29) is 5.91 Å². The number of rotatable bonds is 4. The Balaban J connectivity index is 1.83. The van der Waals surface area contributed by atoms with Gasteiger partial charge in [0.25, 0.3) is 0 Å². The number of carbonyl (C=O) groups excluding carboxylic acids is 1. The first-order valence-electron chi connectivity index (χ1n) is 6.73. The van der Waals surface area contributed by atoms with Gasteiger partial charge in [-0.2, -0.15) is 0 Å². The Labute approximate surface area is 122 Å². The molecule has 1 aromatic rings. The van der Waals surface area contributed by atoms with Gasteiger partial charge in [-0.15, -0.1) is 0 Å². The van der Waals surface area contributed by atoms with Crippen LogP contribution in [0, 0.1) is 0 Å². The highest BCUT2D eigenvalue weighted by Gasteiger charge is 2.20. The zero-order valence-corrected chi connectivity index (χ0v) is 12.8. The van der Waals surface area contributed by atoms with Crippen molar-refractivity contribution in [3.63, 3.8) is 0 Å². The van der Waals surface area contributed by atoms with Gasteiger partial charge in [-0.3, -0.25) is 4.79 Å². The van der Waals surface area contributed by atoms with Crippen LogP contribution >= 0.6 is 15.9 Å². The Hall–Kier alpha value is -1.03. The Bertz CT molecular complexity index is 428. The molecule has 0 aliphatic heterocycles. The zero-order valence-electron chi connectivity index (χ0n) is 11.2. The van der Waals surface area contributed by atoms with E-state index in [1.165, 1.54) is 0 Å². The summed E-state index contributed by atoms with van der Waals surface area (Å²) in [6, 6.07) is 8.01.